The molecule has 0 radical (unpaired) electrons. The second-order valence-electron chi connectivity index (χ2n) is 8.79. The van der Waals surface area contributed by atoms with E-state index >= 15 is 0 Å². The van der Waals surface area contributed by atoms with E-state index in [4.69, 9.17) is 53.6 Å². The predicted octanol–water partition coefficient (Wildman–Crippen LogP) is 0.748. The molecular weight excluding hydrogens is 650 g/mol. The Morgan fingerprint density at radius 2 is 1.21 bits per heavy atom. The van der Waals surface area contributed by atoms with Crippen molar-refractivity contribution in [3.8, 4) is 0 Å². The molecule has 0 saturated carbocycles. The van der Waals surface area contributed by atoms with Crippen LogP contribution in [0.25, 0.3) is 10.4 Å². The minimum absolute atomic E-state index is 0.643. The molecule has 0 aliphatic carbocycles. The number of ether oxygens (including phenoxy) is 9. The first-order valence-electron chi connectivity index (χ1n) is 15.0. The maximum atomic E-state index is 12.3. The van der Waals surface area contributed by atoms with Gasteiger partial charge in [0.05, 0.1) is 6.61 Å². The lowest BCUT2D eigenvalue weighted by Gasteiger charge is -2.45. The summed E-state index contributed by atoms with van der Waals surface area (Å²) in [6.45, 7) is -2.90. The fourth-order valence-corrected chi connectivity index (χ4v) is 4.91. The van der Waals surface area contributed by atoms with Crippen LogP contribution in [0.5, 0.6) is 0 Å². The highest BCUT2D eigenvalue weighted by Crippen LogP contribution is 2.34. The summed E-state index contributed by atoms with van der Waals surface area (Å²) < 4.78 is 78.1. The number of carbonyl (C=O) groups excluding carboxylic acids is 6. The Bertz CT molecular complexity index is 1200. The van der Waals surface area contributed by atoms with Crippen LogP contribution in [-0.4, -0.2) is 109 Å². The van der Waals surface area contributed by atoms with Gasteiger partial charge in [0.15, 0.2) is 36.8 Å². The van der Waals surface area contributed by atoms with E-state index in [9.17, 15) is 28.8 Å². The second kappa shape index (κ2) is 16.4. The molecule has 2 aliphatic heterocycles. The fraction of sp³-hybridized carbons (Fsp3) is 0.750. The van der Waals surface area contributed by atoms with Crippen LogP contribution in [0.15, 0.2) is 5.11 Å². The standard InChI is InChI=1S/C24H32BrN3O15/c1-9(29)35-7-16-19(38-11(3)31)21(40-13(5)33)22(41-14(6)34)24(43-16)36-8-15-18(37-10(2)30)20(39-12(4)32)17(27-28-26)23(25)42-15/h15-24H,7-8H2,1-6H3/t15-,16-,17+,18-,19+,20-,21+,22-,23+,24?/m1/s1/i1D,3D,5D,6D. The lowest BCUT2D eigenvalue weighted by Crippen LogP contribution is -2.64. The van der Waals surface area contributed by atoms with Crippen LogP contribution < -0.4 is 0 Å². The molecule has 0 spiro atoms. The first-order valence-corrected chi connectivity index (χ1v) is 13.1. The van der Waals surface area contributed by atoms with E-state index in [-0.39, 0.29) is 0 Å². The first-order chi connectivity index (χ1) is 22.3. The van der Waals surface area contributed by atoms with Gasteiger partial charge in [0, 0.05) is 51.8 Å². The Balaban J connectivity index is 2.55. The van der Waals surface area contributed by atoms with Crippen LogP contribution in [0.3, 0.4) is 0 Å². The van der Waals surface area contributed by atoms with Crippen LogP contribution >= 0.6 is 15.9 Å². The predicted molar refractivity (Wildman–Crippen MR) is 140 cm³/mol. The zero-order valence-electron chi connectivity index (χ0n) is 26.9. The molecule has 2 heterocycles. The van der Waals surface area contributed by atoms with Crippen molar-refractivity contribution >= 4 is 51.7 Å². The summed E-state index contributed by atoms with van der Waals surface area (Å²) >= 11 is 3.17. The molecule has 0 amide bonds. The van der Waals surface area contributed by atoms with Crippen LogP contribution in [0.2, 0.25) is 0 Å². The van der Waals surface area contributed by atoms with E-state index in [0.29, 0.717) is 0 Å². The molecule has 2 aliphatic rings. The summed E-state index contributed by atoms with van der Waals surface area (Å²) in [5.74, 6) is -6.28. The molecule has 0 bridgehead atoms. The van der Waals surface area contributed by atoms with Crippen molar-refractivity contribution in [2.75, 3.05) is 13.2 Å². The van der Waals surface area contributed by atoms with Gasteiger partial charge in [0.25, 0.3) is 0 Å². The average Bonchev–Trinajstić information content (AvgIpc) is 3.03. The molecule has 0 N–H and O–H groups in total. The first kappa shape index (κ1) is 29.6. The zero-order valence-corrected chi connectivity index (χ0v) is 24.4. The second-order valence-corrected chi connectivity index (χ2v) is 9.69. The van der Waals surface area contributed by atoms with E-state index in [1.165, 1.54) is 0 Å². The van der Waals surface area contributed by atoms with Crippen molar-refractivity contribution in [2.24, 2.45) is 5.11 Å². The summed E-state index contributed by atoms with van der Waals surface area (Å²) in [5.41, 5.74) is 9.04. The lowest BCUT2D eigenvalue weighted by molar-refractivity contribution is -0.315. The minimum Gasteiger partial charge on any atom is -0.463 e. The molecule has 19 heteroatoms. The summed E-state index contributed by atoms with van der Waals surface area (Å²) in [6.07, 6.45) is -12.9. The Kier molecular flexibility index (Phi) is 11.3. The van der Waals surface area contributed by atoms with E-state index in [1.807, 2.05) is 0 Å². The molecule has 0 aromatic rings. The summed E-state index contributed by atoms with van der Waals surface area (Å²) in [4.78, 5) is 75.2. The van der Waals surface area contributed by atoms with Gasteiger partial charge < -0.3 is 42.6 Å². The van der Waals surface area contributed by atoms with Gasteiger partial charge in [0.1, 0.15) is 29.9 Å². The Labute approximate surface area is 259 Å². The number of esters is 6. The van der Waals surface area contributed by atoms with Crippen molar-refractivity contribution in [3.63, 3.8) is 0 Å². The monoisotopic (exact) mass is 685 g/mol. The number of nitrogens with zero attached hydrogens (tertiary/aromatic N) is 3. The largest absolute Gasteiger partial charge is 0.463 e. The molecule has 43 heavy (non-hydrogen) atoms. The average molecular weight is 686 g/mol. The van der Waals surface area contributed by atoms with Crippen molar-refractivity contribution < 1.29 is 76.9 Å². The van der Waals surface area contributed by atoms with Crippen LogP contribution in [0, 0.1) is 0 Å². The number of hydrogen-bond donors (Lipinski definition) is 0. The smallest absolute Gasteiger partial charge is 0.303 e. The zero-order chi connectivity index (χ0) is 35.3. The molecule has 0 aromatic carbocycles. The summed E-state index contributed by atoms with van der Waals surface area (Å²) in [6, 6.07) is -1.24. The third-order valence-corrected chi connectivity index (χ3v) is 6.37. The third-order valence-electron chi connectivity index (χ3n) is 5.62. The molecule has 2 saturated heterocycles. The normalized spacial score (nSPS) is 33.0. The SMILES string of the molecule is [2H]CC(=O)OC[C@H]1OC(OC[C@H]2O[C@H](Br)[C@@H](N=[N+]=[N-])[C@@H](OC(C)=O)[C@@H]2OC(C)=O)[C@H](OC(=O)C[2H])[C@@H](OC(=O)C[2H])[C@H]1OC(=O)C[2H]. The lowest BCUT2D eigenvalue weighted by atomic mass is 9.97. The number of carbonyl (C=O) groups is 6. The Morgan fingerprint density at radius 1 is 0.721 bits per heavy atom. The molecule has 0 aromatic heterocycles. The van der Waals surface area contributed by atoms with Gasteiger partial charge in [-0.15, -0.1) is 0 Å². The summed E-state index contributed by atoms with van der Waals surface area (Å²) in [7, 11) is 0. The van der Waals surface area contributed by atoms with Gasteiger partial charge in [-0.25, -0.2) is 0 Å². The molecule has 2 rings (SSSR count). The molecule has 10 atom stereocenters. The van der Waals surface area contributed by atoms with Crippen molar-refractivity contribution in [3.05, 3.63) is 10.4 Å². The number of halogens is 1. The van der Waals surface area contributed by atoms with Gasteiger partial charge in [-0.05, 0) is 5.53 Å². The minimum atomic E-state index is -1.83. The maximum Gasteiger partial charge on any atom is 0.303 e. The Hall–Kier alpha value is -3.51. The third kappa shape index (κ3) is 10.6. The molecule has 1 unspecified atom stereocenters. The highest BCUT2D eigenvalue weighted by Gasteiger charge is 2.54. The molecule has 240 valence electrons. The van der Waals surface area contributed by atoms with E-state index in [0.717, 1.165) is 13.8 Å². The van der Waals surface area contributed by atoms with Crippen molar-refractivity contribution in [2.45, 2.75) is 102 Å². The number of azide groups is 1. The van der Waals surface area contributed by atoms with Crippen molar-refractivity contribution in [1.82, 2.24) is 0 Å². The highest BCUT2D eigenvalue weighted by atomic mass is 79.9. The Morgan fingerprint density at radius 3 is 1.77 bits per heavy atom. The van der Waals surface area contributed by atoms with Gasteiger partial charge in [-0.3, -0.25) is 28.8 Å². The molecule has 2 fully saturated rings. The van der Waals surface area contributed by atoms with E-state index < -0.39 is 137 Å². The van der Waals surface area contributed by atoms with Gasteiger partial charge in [0.2, 0.25) is 0 Å². The van der Waals surface area contributed by atoms with E-state index in [2.05, 4.69) is 26.0 Å². The number of alkyl halides is 1. The van der Waals surface area contributed by atoms with Crippen molar-refractivity contribution in [1.29, 1.82) is 0 Å². The number of rotatable bonds is 11. The molecule has 18 nitrogen and oxygen atoms in total. The van der Waals surface area contributed by atoms with E-state index in [1.54, 1.807) is 0 Å². The van der Waals surface area contributed by atoms with Gasteiger partial charge >= 0.3 is 35.8 Å². The van der Waals surface area contributed by atoms with Crippen LogP contribution in [-0.2, 0) is 71.4 Å². The topological polar surface area (TPSA) is 234 Å². The maximum absolute atomic E-state index is 12.3. The quantitative estimate of drug-likeness (QED) is 0.0728. The summed E-state index contributed by atoms with van der Waals surface area (Å²) in [5, 5.41) is 2.42. The number of hydrogen-bond acceptors (Lipinski definition) is 16. The highest BCUT2D eigenvalue weighted by molar-refractivity contribution is 9.09. The molecular formula is C24H32BrN3O15. The van der Waals surface area contributed by atoms with Crippen LogP contribution in [0.1, 0.15) is 46.9 Å². The fourth-order valence-electron chi connectivity index (χ4n) is 4.22. The van der Waals surface area contributed by atoms with Gasteiger partial charge in [-0.1, -0.05) is 21.0 Å². The van der Waals surface area contributed by atoms with Gasteiger partial charge in [-0.2, -0.15) is 0 Å². The van der Waals surface area contributed by atoms with Crippen LogP contribution in [0.4, 0.5) is 0 Å².